The zero-order valence-electron chi connectivity index (χ0n) is 13.7. The summed E-state index contributed by atoms with van der Waals surface area (Å²) in [7, 11) is 0. The third-order valence-corrected chi connectivity index (χ3v) is 5.37. The highest BCUT2D eigenvalue weighted by atomic mass is 16.5. The molecule has 1 saturated heterocycles. The van der Waals surface area contributed by atoms with Crippen LogP contribution in [0, 0.1) is 11.1 Å². The first-order valence-corrected chi connectivity index (χ1v) is 8.77. The van der Waals surface area contributed by atoms with Crippen LogP contribution in [0.5, 0.6) is 0 Å². The van der Waals surface area contributed by atoms with Crippen LogP contribution in [0.4, 0.5) is 0 Å². The molecular formula is C17H19N5O3. The van der Waals surface area contributed by atoms with E-state index in [4.69, 9.17) is 4.74 Å². The highest BCUT2D eigenvalue weighted by Crippen LogP contribution is 2.57. The topological polar surface area (TPSA) is 96.0 Å². The SMILES string of the molecule is O=C(NC[C@@H]1CCCO1)c1nn(-c2c[n+]([O-])ccn2)c2c1C[C@H]1C[C@@H]21. The highest BCUT2D eigenvalue weighted by molar-refractivity contribution is 5.94. The van der Waals surface area contributed by atoms with Crippen molar-refractivity contribution in [1.82, 2.24) is 20.1 Å². The number of nitrogens with zero attached hydrogens (tertiary/aromatic N) is 4. The van der Waals surface area contributed by atoms with Gasteiger partial charge in [-0.15, -0.1) is 0 Å². The van der Waals surface area contributed by atoms with Crippen LogP contribution in [-0.4, -0.2) is 39.9 Å². The molecular weight excluding hydrogens is 322 g/mol. The Kier molecular flexibility index (Phi) is 3.27. The lowest BCUT2D eigenvalue weighted by Gasteiger charge is -2.10. The van der Waals surface area contributed by atoms with E-state index in [0.29, 0.717) is 34.6 Å². The summed E-state index contributed by atoms with van der Waals surface area (Å²) in [5, 5.41) is 19.1. The van der Waals surface area contributed by atoms with Crippen LogP contribution in [0.3, 0.4) is 0 Å². The van der Waals surface area contributed by atoms with Gasteiger partial charge in [-0.1, -0.05) is 0 Å². The molecule has 3 aliphatic rings. The number of nitrogens with one attached hydrogen (secondary N) is 1. The molecule has 130 valence electrons. The van der Waals surface area contributed by atoms with Crippen molar-refractivity contribution in [1.29, 1.82) is 0 Å². The summed E-state index contributed by atoms with van der Waals surface area (Å²) in [6.07, 6.45) is 8.30. The molecule has 2 aliphatic carbocycles. The number of carbonyl (C=O) groups is 1. The quantitative estimate of drug-likeness (QED) is 0.644. The van der Waals surface area contributed by atoms with E-state index in [2.05, 4.69) is 15.4 Å². The monoisotopic (exact) mass is 341 g/mol. The van der Waals surface area contributed by atoms with E-state index in [1.807, 2.05) is 0 Å². The largest absolute Gasteiger partial charge is 0.619 e. The third-order valence-electron chi connectivity index (χ3n) is 5.37. The molecule has 8 heteroatoms. The molecule has 2 fully saturated rings. The molecule has 0 aromatic carbocycles. The number of amides is 1. The zero-order chi connectivity index (χ0) is 17.0. The van der Waals surface area contributed by atoms with Crippen LogP contribution in [0.2, 0.25) is 0 Å². The van der Waals surface area contributed by atoms with Crippen molar-refractivity contribution in [3.8, 4) is 5.82 Å². The Bertz CT molecular complexity index is 843. The summed E-state index contributed by atoms with van der Waals surface area (Å²) >= 11 is 0. The summed E-state index contributed by atoms with van der Waals surface area (Å²) in [6.45, 7) is 1.28. The maximum absolute atomic E-state index is 12.7. The van der Waals surface area contributed by atoms with Gasteiger partial charge in [0.2, 0.25) is 12.0 Å². The molecule has 1 aliphatic heterocycles. The van der Waals surface area contributed by atoms with E-state index in [-0.39, 0.29) is 12.0 Å². The Morgan fingerprint density at radius 2 is 2.44 bits per heavy atom. The predicted molar refractivity (Wildman–Crippen MR) is 86.2 cm³/mol. The Morgan fingerprint density at radius 3 is 3.24 bits per heavy atom. The second kappa shape index (κ2) is 5.52. The van der Waals surface area contributed by atoms with E-state index in [1.54, 1.807) is 4.68 Å². The lowest BCUT2D eigenvalue weighted by atomic mass is 10.1. The number of hydrogen-bond acceptors (Lipinski definition) is 5. The molecule has 0 unspecified atom stereocenters. The maximum Gasteiger partial charge on any atom is 0.272 e. The van der Waals surface area contributed by atoms with Crippen molar-refractivity contribution in [2.45, 2.75) is 37.7 Å². The lowest BCUT2D eigenvalue weighted by molar-refractivity contribution is -0.605. The van der Waals surface area contributed by atoms with Gasteiger partial charge in [-0.05, 0) is 31.6 Å². The van der Waals surface area contributed by atoms with Crippen molar-refractivity contribution in [2.75, 3.05) is 13.2 Å². The van der Waals surface area contributed by atoms with Crippen LogP contribution in [-0.2, 0) is 11.2 Å². The predicted octanol–water partition coefficient (Wildman–Crippen LogP) is 0.469. The Morgan fingerprint density at radius 1 is 1.52 bits per heavy atom. The van der Waals surface area contributed by atoms with Gasteiger partial charge in [0, 0.05) is 24.6 Å². The normalized spacial score (nSPS) is 26.3. The first-order valence-electron chi connectivity index (χ1n) is 8.77. The average molecular weight is 341 g/mol. The minimum Gasteiger partial charge on any atom is -0.619 e. The second-order valence-electron chi connectivity index (χ2n) is 7.05. The van der Waals surface area contributed by atoms with Gasteiger partial charge in [0.25, 0.3) is 5.91 Å². The molecule has 25 heavy (non-hydrogen) atoms. The summed E-state index contributed by atoms with van der Waals surface area (Å²) in [6, 6.07) is 0. The van der Waals surface area contributed by atoms with Gasteiger partial charge in [-0.2, -0.15) is 9.83 Å². The molecule has 3 atom stereocenters. The fraction of sp³-hybridized carbons (Fsp3) is 0.529. The van der Waals surface area contributed by atoms with Crippen molar-refractivity contribution < 1.29 is 14.3 Å². The van der Waals surface area contributed by atoms with Crippen molar-refractivity contribution in [2.24, 2.45) is 5.92 Å². The molecule has 8 nitrogen and oxygen atoms in total. The van der Waals surface area contributed by atoms with E-state index >= 15 is 0 Å². The van der Waals surface area contributed by atoms with E-state index in [9.17, 15) is 10.0 Å². The zero-order valence-corrected chi connectivity index (χ0v) is 13.7. The van der Waals surface area contributed by atoms with E-state index in [1.165, 1.54) is 18.6 Å². The summed E-state index contributed by atoms with van der Waals surface area (Å²) in [5.41, 5.74) is 2.52. The van der Waals surface area contributed by atoms with Gasteiger partial charge in [0.05, 0.1) is 18.0 Å². The van der Waals surface area contributed by atoms with Gasteiger partial charge in [-0.25, -0.2) is 9.67 Å². The van der Waals surface area contributed by atoms with Crippen LogP contribution in [0.1, 0.15) is 46.9 Å². The number of rotatable bonds is 4. The van der Waals surface area contributed by atoms with Crippen LogP contribution < -0.4 is 10.0 Å². The number of fused-ring (bicyclic) bond motifs is 3. The standard InChI is InChI=1S/C17H19N5O3/c23-17(19-8-11-2-1-5-25-11)15-13-7-10-6-12(10)16(13)22(20-15)14-9-21(24)4-3-18-14/h3-4,9-12H,1-2,5-8H2,(H,19,23)/t10-,11+,12-/m1/s1. The summed E-state index contributed by atoms with van der Waals surface area (Å²) < 4.78 is 7.94. The summed E-state index contributed by atoms with van der Waals surface area (Å²) in [4.78, 5) is 16.9. The molecule has 0 spiro atoms. The summed E-state index contributed by atoms with van der Waals surface area (Å²) in [5.74, 6) is 1.33. The van der Waals surface area contributed by atoms with E-state index in [0.717, 1.165) is 43.5 Å². The fourth-order valence-corrected chi connectivity index (χ4v) is 4.04. The third kappa shape index (κ3) is 2.48. The molecule has 2 aromatic rings. The Balaban J connectivity index is 1.45. The first-order chi connectivity index (χ1) is 12.2. The fourth-order valence-electron chi connectivity index (χ4n) is 4.04. The minimum atomic E-state index is -0.169. The lowest BCUT2D eigenvalue weighted by Crippen LogP contribution is -2.32. The molecule has 0 radical (unpaired) electrons. The first kappa shape index (κ1) is 14.8. The maximum atomic E-state index is 12.7. The van der Waals surface area contributed by atoms with Gasteiger partial charge in [0.15, 0.2) is 11.9 Å². The highest BCUT2D eigenvalue weighted by Gasteiger charge is 2.50. The number of carbonyl (C=O) groups excluding carboxylic acids is 1. The molecule has 2 aromatic heterocycles. The number of aromatic nitrogens is 4. The van der Waals surface area contributed by atoms with Gasteiger partial charge < -0.3 is 15.3 Å². The smallest absolute Gasteiger partial charge is 0.272 e. The van der Waals surface area contributed by atoms with Crippen molar-refractivity contribution in [3.63, 3.8) is 0 Å². The van der Waals surface area contributed by atoms with Gasteiger partial charge >= 0.3 is 0 Å². The van der Waals surface area contributed by atoms with Crippen LogP contribution in [0.25, 0.3) is 5.82 Å². The Labute approximate surface area is 144 Å². The molecule has 5 rings (SSSR count). The second-order valence-corrected chi connectivity index (χ2v) is 7.05. The van der Waals surface area contributed by atoms with Crippen molar-refractivity contribution >= 4 is 5.91 Å². The van der Waals surface area contributed by atoms with Gasteiger partial charge in [-0.3, -0.25) is 4.79 Å². The number of hydrogen-bond donors (Lipinski definition) is 1. The minimum absolute atomic E-state index is 0.0997. The Hall–Kier alpha value is -2.48. The molecule has 1 N–H and O–H groups in total. The molecule has 3 heterocycles. The van der Waals surface area contributed by atoms with E-state index < -0.39 is 0 Å². The van der Waals surface area contributed by atoms with Crippen LogP contribution >= 0.6 is 0 Å². The van der Waals surface area contributed by atoms with Crippen molar-refractivity contribution in [3.05, 3.63) is 40.7 Å². The molecule has 1 saturated carbocycles. The average Bonchev–Trinajstić information content (AvgIpc) is 2.99. The van der Waals surface area contributed by atoms with Gasteiger partial charge in [0.1, 0.15) is 0 Å². The molecule has 1 amide bonds. The molecule has 0 bridgehead atoms. The van der Waals surface area contributed by atoms with Crippen LogP contribution in [0.15, 0.2) is 18.6 Å². The number of ether oxygens (including phenoxy) is 1.